The van der Waals surface area contributed by atoms with Gasteiger partial charge >= 0.3 is 0 Å². The fraction of sp³-hybridized carbons (Fsp3) is 0.294. The maximum absolute atomic E-state index is 12.0. The Labute approximate surface area is 139 Å². The number of hydrogen-bond donors (Lipinski definition) is 2. The Bertz CT molecular complexity index is 965. The van der Waals surface area contributed by atoms with Crippen LogP contribution in [-0.2, 0) is 11.3 Å². The zero-order valence-corrected chi connectivity index (χ0v) is 14.1. The third kappa shape index (κ3) is 2.92. The summed E-state index contributed by atoms with van der Waals surface area (Å²) in [5.41, 5.74) is 4.84. The summed E-state index contributed by atoms with van der Waals surface area (Å²) in [5.74, 6) is -0.527. The maximum atomic E-state index is 12.0. The van der Waals surface area contributed by atoms with Crippen molar-refractivity contribution < 1.29 is 9.90 Å². The number of aryl methyl sites for hydroxylation is 4. The number of rotatable bonds is 3. The van der Waals surface area contributed by atoms with Crippen molar-refractivity contribution in [2.24, 2.45) is 10.2 Å². The second-order valence-electron chi connectivity index (χ2n) is 6.01. The molecule has 7 heteroatoms. The molecule has 3 aromatic rings. The topological polar surface area (TPSA) is 95.6 Å². The molecule has 0 aliphatic heterocycles. The highest BCUT2D eigenvalue weighted by Gasteiger charge is 2.13. The summed E-state index contributed by atoms with van der Waals surface area (Å²) in [7, 11) is 0. The standard InChI is InChI=1S/C17H19N5O2/c1-9-5-10(2)15-13(6-9)16(17(24)18-15)20-19-14(23)8-22-12(4)7-11(3)21-22/h5-7,18,24H,8H2,1-4H3. The largest absolute Gasteiger partial charge is 0.493 e. The van der Waals surface area contributed by atoms with Gasteiger partial charge < -0.3 is 10.1 Å². The third-order valence-electron chi connectivity index (χ3n) is 3.85. The quantitative estimate of drug-likeness (QED) is 0.720. The Morgan fingerprint density at radius 2 is 2.00 bits per heavy atom. The molecule has 124 valence electrons. The lowest BCUT2D eigenvalue weighted by molar-refractivity contribution is -0.119. The number of fused-ring (bicyclic) bond motifs is 1. The van der Waals surface area contributed by atoms with Crippen molar-refractivity contribution in [3.8, 4) is 5.88 Å². The van der Waals surface area contributed by atoms with E-state index in [1.54, 1.807) is 4.68 Å². The zero-order valence-electron chi connectivity index (χ0n) is 14.1. The van der Waals surface area contributed by atoms with E-state index in [9.17, 15) is 9.90 Å². The normalized spacial score (nSPS) is 11.7. The van der Waals surface area contributed by atoms with Gasteiger partial charge in [-0.25, -0.2) is 0 Å². The SMILES string of the molecule is Cc1cc(C)c2[nH]c(O)c(N=NC(=O)Cn3nc(C)cc3C)c2c1. The van der Waals surface area contributed by atoms with Gasteiger partial charge in [0, 0.05) is 11.1 Å². The van der Waals surface area contributed by atoms with Crippen LogP contribution >= 0.6 is 0 Å². The lowest BCUT2D eigenvalue weighted by atomic mass is 10.1. The Hall–Kier alpha value is -2.96. The highest BCUT2D eigenvalue weighted by molar-refractivity contribution is 5.96. The average Bonchev–Trinajstić information content (AvgIpc) is 2.96. The minimum atomic E-state index is -0.431. The number of aromatic nitrogens is 3. The van der Waals surface area contributed by atoms with Crippen LogP contribution in [0.15, 0.2) is 28.4 Å². The van der Waals surface area contributed by atoms with E-state index in [1.165, 1.54) is 0 Å². The van der Waals surface area contributed by atoms with E-state index in [2.05, 4.69) is 20.3 Å². The molecule has 1 aromatic carbocycles. The molecule has 3 rings (SSSR count). The highest BCUT2D eigenvalue weighted by Crippen LogP contribution is 2.37. The smallest absolute Gasteiger partial charge is 0.286 e. The van der Waals surface area contributed by atoms with Crippen molar-refractivity contribution >= 4 is 22.5 Å². The average molecular weight is 325 g/mol. The second kappa shape index (κ2) is 5.92. The number of nitrogens with zero attached hydrogens (tertiary/aromatic N) is 4. The zero-order chi connectivity index (χ0) is 17.4. The van der Waals surface area contributed by atoms with Crippen LogP contribution < -0.4 is 0 Å². The molecular formula is C17H19N5O2. The van der Waals surface area contributed by atoms with E-state index in [1.807, 2.05) is 45.9 Å². The maximum Gasteiger partial charge on any atom is 0.286 e. The van der Waals surface area contributed by atoms with Crippen molar-refractivity contribution in [2.75, 3.05) is 0 Å². The van der Waals surface area contributed by atoms with E-state index < -0.39 is 5.91 Å². The van der Waals surface area contributed by atoms with Crippen molar-refractivity contribution in [1.82, 2.24) is 14.8 Å². The van der Waals surface area contributed by atoms with Gasteiger partial charge in [0.2, 0.25) is 5.88 Å². The van der Waals surface area contributed by atoms with Crippen LogP contribution in [0.3, 0.4) is 0 Å². The van der Waals surface area contributed by atoms with E-state index in [0.29, 0.717) is 0 Å². The third-order valence-corrected chi connectivity index (χ3v) is 3.85. The first-order valence-electron chi connectivity index (χ1n) is 7.62. The molecule has 0 fully saturated rings. The van der Waals surface area contributed by atoms with Gasteiger partial charge in [-0.2, -0.15) is 5.10 Å². The Kier molecular flexibility index (Phi) is 3.92. The molecule has 0 atom stereocenters. The lowest BCUT2D eigenvalue weighted by Gasteiger charge is -2.00. The molecular weight excluding hydrogens is 306 g/mol. The van der Waals surface area contributed by atoms with E-state index >= 15 is 0 Å². The fourth-order valence-electron chi connectivity index (χ4n) is 2.83. The molecule has 0 unspecified atom stereocenters. The van der Waals surface area contributed by atoms with E-state index in [-0.39, 0.29) is 18.1 Å². The van der Waals surface area contributed by atoms with Crippen LogP contribution in [0.2, 0.25) is 0 Å². The molecule has 0 bridgehead atoms. The minimum absolute atomic E-state index is 0.0182. The Morgan fingerprint density at radius 3 is 2.67 bits per heavy atom. The van der Waals surface area contributed by atoms with Crippen LogP contribution in [0.1, 0.15) is 22.5 Å². The number of aromatic hydroxyl groups is 1. The molecule has 2 aromatic heterocycles. The second-order valence-corrected chi connectivity index (χ2v) is 6.01. The minimum Gasteiger partial charge on any atom is -0.493 e. The highest BCUT2D eigenvalue weighted by atomic mass is 16.3. The predicted molar refractivity (Wildman–Crippen MR) is 90.7 cm³/mol. The summed E-state index contributed by atoms with van der Waals surface area (Å²) in [5, 5.41) is 22.7. The van der Waals surface area contributed by atoms with Gasteiger partial charge in [-0.15, -0.1) is 10.2 Å². The molecule has 24 heavy (non-hydrogen) atoms. The molecule has 2 heterocycles. The van der Waals surface area contributed by atoms with Crippen molar-refractivity contribution in [1.29, 1.82) is 0 Å². The van der Waals surface area contributed by atoms with Gasteiger partial charge in [0.25, 0.3) is 5.91 Å². The van der Waals surface area contributed by atoms with Crippen molar-refractivity contribution in [3.05, 3.63) is 40.7 Å². The molecule has 0 spiro atoms. The number of aromatic amines is 1. The first-order valence-corrected chi connectivity index (χ1v) is 7.62. The van der Waals surface area contributed by atoms with E-state index in [4.69, 9.17) is 0 Å². The van der Waals surface area contributed by atoms with Gasteiger partial charge in [-0.05, 0) is 45.4 Å². The molecule has 2 N–H and O–H groups in total. The van der Waals surface area contributed by atoms with Gasteiger partial charge in [-0.3, -0.25) is 9.48 Å². The summed E-state index contributed by atoms with van der Waals surface area (Å²) in [6, 6.07) is 5.80. The number of hydrogen-bond acceptors (Lipinski definition) is 4. The molecule has 7 nitrogen and oxygen atoms in total. The van der Waals surface area contributed by atoms with Crippen molar-refractivity contribution in [3.63, 3.8) is 0 Å². The number of carbonyl (C=O) groups is 1. The van der Waals surface area contributed by atoms with Gasteiger partial charge in [-0.1, -0.05) is 11.6 Å². The molecule has 1 amide bonds. The van der Waals surface area contributed by atoms with E-state index in [0.717, 1.165) is 33.4 Å². The summed E-state index contributed by atoms with van der Waals surface area (Å²) in [6.45, 7) is 7.67. The number of H-pyrrole nitrogens is 1. The Morgan fingerprint density at radius 1 is 1.25 bits per heavy atom. The number of carbonyl (C=O) groups excluding carboxylic acids is 1. The van der Waals surface area contributed by atoms with Gasteiger partial charge in [0.05, 0.1) is 11.2 Å². The Balaban J connectivity index is 1.89. The van der Waals surface area contributed by atoms with Crippen LogP contribution in [-0.4, -0.2) is 25.8 Å². The first kappa shape index (κ1) is 15.9. The van der Waals surface area contributed by atoms with Gasteiger partial charge in [0.15, 0.2) is 5.69 Å². The molecule has 0 saturated carbocycles. The number of amides is 1. The summed E-state index contributed by atoms with van der Waals surface area (Å²) in [4.78, 5) is 14.9. The van der Waals surface area contributed by atoms with Gasteiger partial charge in [0.1, 0.15) is 6.54 Å². The van der Waals surface area contributed by atoms with Crippen molar-refractivity contribution in [2.45, 2.75) is 34.2 Å². The summed E-state index contributed by atoms with van der Waals surface area (Å²) in [6.07, 6.45) is 0. The predicted octanol–water partition coefficient (Wildman–Crippen LogP) is 3.61. The van der Waals surface area contributed by atoms with Crippen LogP contribution in [0.4, 0.5) is 5.69 Å². The number of azo groups is 1. The number of nitrogens with one attached hydrogen (secondary N) is 1. The molecule has 0 aliphatic carbocycles. The van der Waals surface area contributed by atoms with Crippen LogP contribution in [0.25, 0.3) is 10.9 Å². The molecule has 0 aliphatic rings. The molecule has 0 saturated heterocycles. The first-order chi connectivity index (χ1) is 11.3. The number of benzene rings is 1. The van der Waals surface area contributed by atoms with Crippen LogP contribution in [0.5, 0.6) is 5.88 Å². The monoisotopic (exact) mass is 325 g/mol. The fourth-order valence-corrected chi connectivity index (χ4v) is 2.83. The summed E-state index contributed by atoms with van der Waals surface area (Å²) < 4.78 is 1.58. The summed E-state index contributed by atoms with van der Waals surface area (Å²) >= 11 is 0. The molecule has 0 radical (unpaired) electrons. The lowest BCUT2D eigenvalue weighted by Crippen LogP contribution is -2.10. The van der Waals surface area contributed by atoms with Crippen LogP contribution in [0, 0.1) is 27.7 Å².